The normalized spacial score (nSPS) is 10.1. The molecule has 0 saturated carbocycles. The Bertz CT molecular complexity index is 555. The van der Waals surface area contributed by atoms with Gasteiger partial charge in [0.05, 0.1) is 12.1 Å². The van der Waals surface area contributed by atoms with Gasteiger partial charge in [-0.05, 0) is 38.5 Å². The van der Waals surface area contributed by atoms with E-state index < -0.39 is 12.0 Å². The third-order valence-electron chi connectivity index (χ3n) is 2.59. The van der Waals surface area contributed by atoms with Crippen molar-refractivity contribution in [2.24, 2.45) is 0 Å². The molecule has 0 aromatic heterocycles. The lowest BCUT2D eigenvalue weighted by Gasteiger charge is -2.11. The van der Waals surface area contributed by atoms with E-state index in [0.717, 1.165) is 0 Å². The van der Waals surface area contributed by atoms with Gasteiger partial charge in [-0.3, -0.25) is 4.79 Å². The van der Waals surface area contributed by atoms with Crippen LogP contribution in [0.15, 0.2) is 18.2 Å². The van der Waals surface area contributed by atoms with Crippen molar-refractivity contribution >= 4 is 23.6 Å². The summed E-state index contributed by atoms with van der Waals surface area (Å²) in [5.41, 5.74) is 1.06. The number of carbonyl (C=O) groups excluding carboxylic acids is 2. The largest absolute Gasteiger partial charge is 0.478 e. The molecule has 0 saturated heterocycles. The number of urea groups is 1. The molecule has 0 aliphatic rings. The summed E-state index contributed by atoms with van der Waals surface area (Å²) in [5, 5.41) is 16.5. The third kappa shape index (κ3) is 5.52. The minimum absolute atomic E-state index is 0.00224. The Morgan fingerprint density at radius 2 is 1.90 bits per heavy atom. The topological polar surface area (TPSA) is 108 Å². The first kappa shape index (κ1) is 16.5. The van der Waals surface area contributed by atoms with E-state index in [1.54, 1.807) is 19.1 Å². The number of benzene rings is 1. The zero-order valence-electron chi connectivity index (χ0n) is 12.2. The molecule has 1 aromatic carbocycles. The first-order chi connectivity index (χ1) is 9.79. The van der Waals surface area contributed by atoms with E-state index in [4.69, 9.17) is 5.11 Å². The van der Waals surface area contributed by atoms with Crippen LogP contribution in [-0.2, 0) is 4.79 Å². The van der Waals surface area contributed by atoms with Gasteiger partial charge < -0.3 is 21.1 Å². The molecular weight excluding hydrogens is 274 g/mol. The summed E-state index contributed by atoms with van der Waals surface area (Å²) in [6.07, 6.45) is 0. The van der Waals surface area contributed by atoms with E-state index in [1.807, 2.05) is 13.8 Å². The van der Waals surface area contributed by atoms with Crippen molar-refractivity contribution in [3.05, 3.63) is 29.3 Å². The highest BCUT2D eigenvalue weighted by Gasteiger charge is 2.10. The van der Waals surface area contributed by atoms with Gasteiger partial charge in [-0.15, -0.1) is 0 Å². The fourth-order valence-corrected chi connectivity index (χ4v) is 1.64. The zero-order chi connectivity index (χ0) is 16.0. The highest BCUT2D eigenvalue weighted by Crippen LogP contribution is 2.15. The summed E-state index contributed by atoms with van der Waals surface area (Å²) in [6.45, 7) is 5.15. The summed E-state index contributed by atoms with van der Waals surface area (Å²) in [7, 11) is 0. The molecule has 0 aliphatic heterocycles. The maximum atomic E-state index is 11.6. The van der Waals surface area contributed by atoms with Gasteiger partial charge in [0.2, 0.25) is 5.91 Å². The first-order valence-electron chi connectivity index (χ1n) is 6.47. The number of hydrogen-bond acceptors (Lipinski definition) is 3. The molecule has 7 nitrogen and oxygen atoms in total. The molecular formula is C14H19N3O4. The number of carboxylic acid groups (broad SMARTS) is 1. The van der Waals surface area contributed by atoms with Crippen molar-refractivity contribution in [2.45, 2.75) is 26.8 Å². The highest BCUT2D eigenvalue weighted by molar-refractivity contribution is 5.95. The number of amides is 3. The predicted molar refractivity (Wildman–Crippen MR) is 78.4 cm³/mol. The molecule has 0 aliphatic carbocycles. The van der Waals surface area contributed by atoms with Crippen LogP contribution in [0, 0.1) is 6.92 Å². The second-order valence-corrected chi connectivity index (χ2v) is 4.86. The van der Waals surface area contributed by atoms with Crippen molar-refractivity contribution in [1.82, 2.24) is 10.6 Å². The molecule has 0 spiro atoms. The Kier molecular flexibility index (Phi) is 5.71. The van der Waals surface area contributed by atoms with Crippen LogP contribution in [0.25, 0.3) is 0 Å². The fourth-order valence-electron chi connectivity index (χ4n) is 1.64. The quantitative estimate of drug-likeness (QED) is 0.657. The van der Waals surface area contributed by atoms with Gasteiger partial charge >= 0.3 is 12.0 Å². The number of aryl methyl sites for hydroxylation is 1. The lowest BCUT2D eigenvalue weighted by molar-refractivity contribution is -0.120. The first-order valence-corrected chi connectivity index (χ1v) is 6.47. The third-order valence-corrected chi connectivity index (χ3v) is 2.59. The zero-order valence-corrected chi connectivity index (χ0v) is 12.2. The maximum Gasteiger partial charge on any atom is 0.336 e. The molecule has 7 heteroatoms. The average Bonchev–Trinajstić information content (AvgIpc) is 2.37. The SMILES string of the molecule is Cc1ccc(NC(=O)NCC(=O)NC(C)C)cc1C(=O)O. The maximum absolute atomic E-state index is 11.6. The van der Waals surface area contributed by atoms with E-state index in [0.29, 0.717) is 11.3 Å². The lowest BCUT2D eigenvalue weighted by atomic mass is 10.1. The van der Waals surface area contributed by atoms with Gasteiger partial charge in [-0.2, -0.15) is 0 Å². The molecule has 4 N–H and O–H groups in total. The van der Waals surface area contributed by atoms with Crippen LogP contribution in [0.3, 0.4) is 0 Å². The number of carbonyl (C=O) groups is 3. The Morgan fingerprint density at radius 3 is 2.48 bits per heavy atom. The van der Waals surface area contributed by atoms with Crippen LogP contribution >= 0.6 is 0 Å². The van der Waals surface area contributed by atoms with Crippen LogP contribution in [0.2, 0.25) is 0 Å². The van der Waals surface area contributed by atoms with E-state index >= 15 is 0 Å². The number of rotatable bonds is 5. The monoisotopic (exact) mass is 293 g/mol. The second kappa shape index (κ2) is 7.28. The smallest absolute Gasteiger partial charge is 0.336 e. The van der Waals surface area contributed by atoms with Gasteiger partial charge in [0.15, 0.2) is 0 Å². The van der Waals surface area contributed by atoms with E-state index in [1.165, 1.54) is 6.07 Å². The molecule has 1 aromatic rings. The van der Waals surface area contributed by atoms with Gasteiger partial charge in [0.25, 0.3) is 0 Å². The van der Waals surface area contributed by atoms with Crippen molar-refractivity contribution in [2.75, 3.05) is 11.9 Å². The van der Waals surface area contributed by atoms with Gasteiger partial charge in [0, 0.05) is 11.7 Å². The number of aromatic carboxylic acids is 1. The summed E-state index contributed by atoms with van der Waals surface area (Å²) >= 11 is 0. The summed E-state index contributed by atoms with van der Waals surface area (Å²) in [5.74, 6) is -1.36. The lowest BCUT2D eigenvalue weighted by Crippen LogP contribution is -2.41. The molecule has 0 heterocycles. The molecule has 3 amide bonds. The van der Waals surface area contributed by atoms with E-state index in [2.05, 4.69) is 16.0 Å². The van der Waals surface area contributed by atoms with Crippen molar-refractivity contribution in [1.29, 1.82) is 0 Å². The molecule has 114 valence electrons. The van der Waals surface area contributed by atoms with Gasteiger partial charge in [0.1, 0.15) is 0 Å². The second-order valence-electron chi connectivity index (χ2n) is 4.86. The Hall–Kier alpha value is -2.57. The minimum Gasteiger partial charge on any atom is -0.478 e. The molecule has 0 atom stereocenters. The Balaban J connectivity index is 2.57. The van der Waals surface area contributed by atoms with Crippen LogP contribution in [0.1, 0.15) is 29.8 Å². The molecule has 0 fully saturated rings. The van der Waals surface area contributed by atoms with Crippen molar-refractivity contribution < 1.29 is 19.5 Å². The molecule has 0 radical (unpaired) electrons. The van der Waals surface area contributed by atoms with E-state index in [-0.39, 0.29) is 24.1 Å². The minimum atomic E-state index is -1.06. The molecule has 1 rings (SSSR count). The van der Waals surface area contributed by atoms with Crippen molar-refractivity contribution in [3.63, 3.8) is 0 Å². The number of hydrogen-bond donors (Lipinski definition) is 4. The van der Waals surface area contributed by atoms with Crippen LogP contribution < -0.4 is 16.0 Å². The van der Waals surface area contributed by atoms with E-state index in [9.17, 15) is 14.4 Å². The van der Waals surface area contributed by atoms with Gasteiger partial charge in [-0.25, -0.2) is 9.59 Å². The highest BCUT2D eigenvalue weighted by atomic mass is 16.4. The summed E-state index contributed by atoms with van der Waals surface area (Å²) < 4.78 is 0. The fraction of sp³-hybridized carbons (Fsp3) is 0.357. The number of nitrogens with one attached hydrogen (secondary N) is 3. The average molecular weight is 293 g/mol. The van der Waals surface area contributed by atoms with Gasteiger partial charge in [-0.1, -0.05) is 6.07 Å². The summed E-state index contributed by atoms with van der Waals surface area (Å²) in [6, 6.07) is 3.98. The molecule has 0 unspecified atom stereocenters. The molecule has 0 bridgehead atoms. The number of carboxylic acids is 1. The van der Waals surface area contributed by atoms with Crippen LogP contribution in [-0.4, -0.2) is 35.6 Å². The van der Waals surface area contributed by atoms with Crippen molar-refractivity contribution in [3.8, 4) is 0 Å². The number of anilines is 1. The molecule has 21 heavy (non-hydrogen) atoms. The Labute approximate surface area is 122 Å². The Morgan fingerprint density at radius 1 is 1.24 bits per heavy atom. The predicted octanol–water partition coefficient (Wildman–Crippen LogP) is 1.34. The van der Waals surface area contributed by atoms with Crippen LogP contribution in [0.4, 0.5) is 10.5 Å². The standard InChI is InChI=1S/C14H19N3O4/c1-8(2)16-12(18)7-15-14(21)17-10-5-4-9(3)11(6-10)13(19)20/h4-6,8H,7H2,1-3H3,(H,16,18)(H,19,20)(H2,15,17,21). The summed E-state index contributed by atoms with van der Waals surface area (Å²) in [4.78, 5) is 34.0. The van der Waals surface area contributed by atoms with Crippen LogP contribution in [0.5, 0.6) is 0 Å².